The molecule has 2 atom stereocenters. The minimum atomic E-state index is -1.94. The highest BCUT2D eigenvalue weighted by Gasteiger charge is 2.43. The van der Waals surface area contributed by atoms with Crippen molar-refractivity contribution >= 4 is 11.9 Å². The largest absolute Gasteiger partial charge is 0.479 e. The van der Waals surface area contributed by atoms with Gasteiger partial charge in [-0.25, -0.2) is 4.79 Å². The highest BCUT2D eigenvalue weighted by molar-refractivity contribution is 5.84. The van der Waals surface area contributed by atoms with Crippen LogP contribution in [-0.4, -0.2) is 33.4 Å². The van der Waals surface area contributed by atoms with E-state index in [4.69, 9.17) is 9.84 Å². The van der Waals surface area contributed by atoms with Crippen LogP contribution in [0.15, 0.2) is 12.2 Å². The van der Waals surface area contributed by atoms with Crippen LogP contribution in [0.25, 0.3) is 0 Å². The van der Waals surface area contributed by atoms with Crippen molar-refractivity contribution in [2.75, 3.05) is 0 Å². The molecule has 90 valence electrons. The van der Waals surface area contributed by atoms with Crippen LogP contribution in [0.5, 0.6) is 0 Å². The topological polar surface area (TPSA) is 83.8 Å². The Labute approximate surface area is 93.7 Å². The van der Waals surface area contributed by atoms with Crippen molar-refractivity contribution in [3.05, 3.63) is 12.2 Å². The summed E-state index contributed by atoms with van der Waals surface area (Å²) in [6, 6.07) is 0. The molecule has 1 aliphatic carbocycles. The Bertz CT molecular complexity index is 339. The Morgan fingerprint density at radius 1 is 1.44 bits per heavy atom. The van der Waals surface area contributed by atoms with Crippen molar-refractivity contribution in [2.24, 2.45) is 5.92 Å². The van der Waals surface area contributed by atoms with Gasteiger partial charge in [-0.3, -0.25) is 4.79 Å². The molecule has 0 aromatic heterocycles. The highest BCUT2D eigenvalue weighted by atomic mass is 16.6. The molecule has 0 aromatic rings. The predicted octanol–water partition coefficient (Wildman–Crippen LogP) is 0.720. The number of carbonyl (C=O) groups excluding carboxylic acids is 1. The van der Waals surface area contributed by atoms with E-state index < -0.39 is 29.1 Å². The maximum atomic E-state index is 11.6. The first-order chi connectivity index (χ1) is 7.14. The average molecular weight is 228 g/mol. The third-order valence-electron chi connectivity index (χ3n) is 2.22. The Morgan fingerprint density at radius 3 is 2.38 bits per heavy atom. The van der Waals surface area contributed by atoms with Gasteiger partial charge < -0.3 is 14.9 Å². The maximum absolute atomic E-state index is 11.6. The Hall–Kier alpha value is -1.36. The van der Waals surface area contributed by atoms with Gasteiger partial charge in [0.1, 0.15) is 5.60 Å². The first-order valence-electron chi connectivity index (χ1n) is 5.02. The van der Waals surface area contributed by atoms with Gasteiger partial charge in [-0.2, -0.15) is 0 Å². The first-order valence-corrected chi connectivity index (χ1v) is 5.02. The quantitative estimate of drug-likeness (QED) is 0.537. The summed E-state index contributed by atoms with van der Waals surface area (Å²) in [5.41, 5.74) is -2.56. The summed E-state index contributed by atoms with van der Waals surface area (Å²) in [5, 5.41) is 18.3. The van der Waals surface area contributed by atoms with Crippen LogP contribution in [0.4, 0.5) is 0 Å². The molecule has 5 nitrogen and oxygen atoms in total. The van der Waals surface area contributed by atoms with Gasteiger partial charge >= 0.3 is 11.9 Å². The van der Waals surface area contributed by atoms with Gasteiger partial charge in [0.15, 0.2) is 5.60 Å². The number of carbonyl (C=O) groups is 2. The van der Waals surface area contributed by atoms with Gasteiger partial charge in [0.05, 0.1) is 5.92 Å². The third-order valence-corrected chi connectivity index (χ3v) is 2.22. The molecule has 0 saturated heterocycles. The van der Waals surface area contributed by atoms with Gasteiger partial charge in [-0.05, 0) is 26.8 Å². The first kappa shape index (κ1) is 12.7. The number of rotatable bonds is 2. The lowest BCUT2D eigenvalue weighted by Crippen LogP contribution is -2.37. The second kappa shape index (κ2) is 3.90. The molecule has 0 saturated carbocycles. The molecule has 0 unspecified atom stereocenters. The van der Waals surface area contributed by atoms with E-state index in [9.17, 15) is 14.7 Å². The average Bonchev–Trinajstić information content (AvgIpc) is 2.46. The summed E-state index contributed by atoms with van der Waals surface area (Å²) in [7, 11) is 0. The number of hydrogen-bond donors (Lipinski definition) is 2. The summed E-state index contributed by atoms with van der Waals surface area (Å²) >= 11 is 0. The molecule has 1 rings (SSSR count). The van der Waals surface area contributed by atoms with Crippen LogP contribution in [0.1, 0.15) is 27.2 Å². The second-order valence-corrected chi connectivity index (χ2v) is 4.93. The van der Waals surface area contributed by atoms with E-state index in [2.05, 4.69) is 0 Å². The molecular weight excluding hydrogens is 212 g/mol. The van der Waals surface area contributed by atoms with E-state index in [1.54, 1.807) is 20.8 Å². The van der Waals surface area contributed by atoms with Crippen molar-refractivity contribution in [3.8, 4) is 0 Å². The Kier molecular flexibility index (Phi) is 3.10. The number of aliphatic hydroxyl groups is 1. The van der Waals surface area contributed by atoms with Crippen molar-refractivity contribution < 1.29 is 24.5 Å². The number of esters is 1. The number of ether oxygens (including phenoxy) is 1. The molecule has 0 aromatic carbocycles. The zero-order chi connectivity index (χ0) is 12.6. The summed E-state index contributed by atoms with van der Waals surface area (Å²) in [4.78, 5) is 22.3. The molecule has 0 heterocycles. The fourth-order valence-electron chi connectivity index (χ4n) is 1.44. The summed E-state index contributed by atoms with van der Waals surface area (Å²) < 4.78 is 5.10. The van der Waals surface area contributed by atoms with Crippen LogP contribution in [0, 0.1) is 5.92 Å². The molecular formula is C11H16O5. The molecule has 0 amide bonds. The van der Waals surface area contributed by atoms with Crippen LogP contribution in [-0.2, 0) is 14.3 Å². The normalized spacial score (nSPS) is 29.1. The lowest BCUT2D eigenvalue weighted by atomic mass is 9.99. The summed E-state index contributed by atoms with van der Waals surface area (Å²) in [5.74, 6) is -2.56. The summed E-state index contributed by atoms with van der Waals surface area (Å²) in [6.45, 7) is 5.19. The lowest BCUT2D eigenvalue weighted by molar-refractivity contribution is -0.161. The van der Waals surface area contributed by atoms with Crippen LogP contribution in [0.3, 0.4) is 0 Å². The van der Waals surface area contributed by atoms with Crippen LogP contribution in [0.2, 0.25) is 0 Å². The van der Waals surface area contributed by atoms with Gasteiger partial charge in [0.2, 0.25) is 0 Å². The van der Waals surface area contributed by atoms with Crippen molar-refractivity contribution in [3.63, 3.8) is 0 Å². The third kappa shape index (κ3) is 2.82. The Balaban J connectivity index is 2.65. The van der Waals surface area contributed by atoms with Crippen molar-refractivity contribution in [1.29, 1.82) is 0 Å². The zero-order valence-electron chi connectivity index (χ0n) is 9.56. The summed E-state index contributed by atoms with van der Waals surface area (Å²) in [6.07, 6.45) is 2.34. The van der Waals surface area contributed by atoms with Gasteiger partial charge in [-0.1, -0.05) is 6.08 Å². The van der Waals surface area contributed by atoms with Crippen LogP contribution >= 0.6 is 0 Å². The molecule has 0 bridgehead atoms. The van der Waals surface area contributed by atoms with Gasteiger partial charge in [0.25, 0.3) is 0 Å². The standard InChI is InChI=1S/C11H16O5/c1-10(2,3)16-8(12)7-4-5-11(15,6-7)9(13)14/h4-5,7,15H,6H2,1-3H3,(H,13,14)/t7-,11-/m0/s1. The molecule has 16 heavy (non-hydrogen) atoms. The maximum Gasteiger partial charge on any atom is 0.339 e. The smallest absolute Gasteiger partial charge is 0.339 e. The molecule has 5 heteroatoms. The second-order valence-electron chi connectivity index (χ2n) is 4.93. The SMILES string of the molecule is CC(C)(C)OC(=O)[C@H]1C=C[C@@](O)(C(=O)O)C1. The van der Waals surface area contributed by atoms with E-state index in [-0.39, 0.29) is 6.42 Å². The van der Waals surface area contributed by atoms with Gasteiger partial charge in [-0.15, -0.1) is 0 Å². The fraction of sp³-hybridized carbons (Fsp3) is 0.636. The monoisotopic (exact) mass is 228 g/mol. The number of aliphatic carboxylic acids is 1. The van der Waals surface area contributed by atoms with Crippen molar-refractivity contribution in [2.45, 2.75) is 38.4 Å². The number of carboxylic acid groups (broad SMARTS) is 1. The van der Waals surface area contributed by atoms with Gasteiger partial charge in [0, 0.05) is 6.42 Å². The molecule has 0 spiro atoms. The highest BCUT2D eigenvalue weighted by Crippen LogP contribution is 2.29. The van der Waals surface area contributed by atoms with E-state index >= 15 is 0 Å². The molecule has 0 aliphatic heterocycles. The van der Waals surface area contributed by atoms with Crippen molar-refractivity contribution in [1.82, 2.24) is 0 Å². The van der Waals surface area contributed by atoms with Crippen LogP contribution < -0.4 is 0 Å². The fourth-order valence-corrected chi connectivity index (χ4v) is 1.44. The van der Waals surface area contributed by atoms with E-state index in [1.165, 1.54) is 6.08 Å². The van der Waals surface area contributed by atoms with E-state index in [0.29, 0.717) is 0 Å². The number of carboxylic acids is 1. The minimum Gasteiger partial charge on any atom is -0.479 e. The zero-order valence-corrected chi connectivity index (χ0v) is 9.56. The molecule has 2 N–H and O–H groups in total. The molecule has 0 fully saturated rings. The minimum absolute atomic E-state index is 0.169. The van der Waals surface area contributed by atoms with E-state index in [1.807, 2.05) is 0 Å². The molecule has 1 aliphatic rings. The van der Waals surface area contributed by atoms with E-state index in [0.717, 1.165) is 6.08 Å². The Morgan fingerprint density at radius 2 is 2.00 bits per heavy atom. The molecule has 0 radical (unpaired) electrons. The lowest BCUT2D eigenvalue weighted by Gasteiger charge is -2.22. The predicted molar refractivity (Wildman–Crippen MR) is 55.7 cm³/mol. The number of hydrogen-bond acceptors (Lipinski definition) is 4.